The van der Waals surface area contributed by atoms with Crippen LogP contribution in [-0.4, -0.2) is 41.5 Å². The molecule has 3 rings (SSSR count). The first-order valence-corrected chi connectivity index (χ1v) is 7.30. The molecule has 6 heteroatoms. The van der Waals surface area contributed by atoms with E-state index in [1.807, 2.05) is 12.1 Å². The van der Waals surface area contributed by atoms with E-state index in [9.17, 15) is 9.59 Å². The number of thiazole rings is 1. The molecule has 104 valence electrons. The van der Waals surface area contributed by atoms with E-state index in [1.54, 1.807) is 16.5 Å². The summed E-state index contributed by atoms with van der Waals surface area (Å²) in [7, 11) is 1.35. The maximum absolute atomic E-state index is 12.5. The minimum atomic E-state index is -0.454. The largest absolute Gasteiger partial charge is 0.467 e. The highest BCUT2D eigenvalue weighted by Gasteiger charge is 2.35. The average Bonchev–Trinajstić information content (AvgIpc) is 3.13. The summed E-state index contributed by atoms with van der Waals surface area (Å²) >= 11 is 1.50. The SMILES string of the molecule is COC(=O)C1CCCN1C(=O)c1ccc2ncsc2c1. The summed E-state index contributed by atoms with van der Waals surface area (Å²) < 4.78 is 5.74. The van der Waals surface area contributed by atoms with Crippen LogP contribution in [0.25, 0.3) is 10.2 Å². The summed E-state index contributed by atoms with van der Waals surface area (Å²) in [4.78, 5) is 30.1. The third kappa shape index (κ3) is 2.16. The number of nitrogens with zero attached hydrogens (tertiary/aromatic N) is 2. The lowest BCUT2D eigenvalue weighted by Gasteiger charge is -2.22. The van der Waals surface area contributed by atoms with Crippen LogP contribution in [0.2, 0.25) is 0 Å². The predicted octanol–water partition coefficient (Wildman–Crippen LogP) is 2.07. The molecular formula is C14H14N2O3S. The first kappa shape index (κ1) is 13.1. The molecular weight excluding hydrogens is 276 g/mol. The number of hydrogen-bond donors (Lipinski definition) is 0. The van der Waals surface area contributed by atoms with Crippen LogP contribution >= 0.6 is 11.3 Å². The van der Waals surface area contributed by atoms with Crippen molar-refractivity contribution in [3.63, 3.8) is 0 Å². The van der Waals surface area contributed by atoms with Crippen LogP contribution in [0, 0.1) is 0 Å². The summed E-state index contributed by atoms with van der Waals surface area (Å²) in [6, 6.07) is 4.98. The van der Waals surface area contributed by atoms with E-state index < -0.39 is 6.04 Å². The van der Waals surface area contributed by atoms with Crippen molar-refractivity contribution in [3.8, 4) is 0 Å². The Bertz CT molecular complexity index is 667. The third-order valence-electron chi connectivity index (χ3n) is 3.57. The fourth-order valence-electron chi connectivity index (χ4n) is 2.54. The van der Waals surface area contributed by atoms with Gasteiger partial charge in [0.1, 0.15) is 6.04 Å². The number of aromatic nitrogens is 1. The fraction of sp³-hybridized carbons (Fsp3) is 0.357. The van der Waals surface area contributed by atoms with Crippen molar-refractivity contribution in [3.05, 3.63) is 29.3 Å². The Hall–Kier alpha value is -1.95. The molecule has 1 amide bonds. The van der Waals surface area contributed by atoms with E-state index in [1.165, 1.54) is 18.4 Å². The molecule has 2 aromatic rings. The molecule has 1 atom stereocenters. The number of hydrogen-bond acceptors (Lipinski definition) is 5. The second kappa shape index (κ2) is 5.20. The lowest BCUT2D eigenvalue weighted by Crippen LogP contribution is -2.41. The minimum absolute atomic E-state index is 0.117. The summed E-state index contributed by atoms with van der Waals surface area (Å²) in [6.45, 7) is 0.597. The molecule has 1 saturated heterocycles. The molecule has 1 fully saturated rings. The van der Waals surface area contributed by atoms with Crippen LogP contribution in [-0.2, 0) is 9.53 Å². The predicted molar refractivity (Wildman–Crippen MR) is 75.7 cm³/mol. The van der Waals surface area contributed by atoms with Crippen molar-refractivity contribution in [2.75, 3.05) is 13.7 Å². The van der Waals surface area contributed by atoms with Crippen molar-refractivity contribution < 1.29 is 14.3 Å². The van der Waals surface area contributed by atoms with E-state index >= 15 is 0 Å². The molecule has 1 unspecified atom stereocenters. The lowest BCUT2D eigenvalue weighted by atomic mass is 10.1. The number of esters is 1. The molecule has 2 heterocycles. The maximum atomic E-state index is 12.5. The van der Waals surface area contributed by atoms with Crippen molar-refractivity contribution in [2.24, 2.45) is 0 Å². The zero-order valence-electron chi connectivity index (χ0n) is 11.0. The van der Waals surface area contributed by atoms with Gasteiger partial charge >= 0.3 is 5.97 Å². The number of benzene rings is 1. The Morgan fingerprint density at radius 2 is 2.30 bits per heavy atom. The summed E-state index contributed by atoms with van der Waals surface area (Å²) in [5.74, 6) is -0.456. The standard InChI is InChI=1S/C14H14N2O3S/c1-19-14(18)11-3-2-6-16(11)13(17)9-4-5-10-12(7-9)20-8-15-10/h4-5,7-8,11H,2-3,6H2,1H3. The normalized spacial score (nSPS) is 18.4. The number of likely N-dealkylation sites (tertiary alicyclic amines) is 1. The Labute approximate surface area is 120 Å². The number of amides is 1. The van der Waals surface area contributed by atoms with Gasteiger partial charge in [0, 0.05) is 12.1 Å². The number of carbonyl (C=O) groups excluding carboxylic acids is 2. The number of ether oxygens (including phenoxy) is 1. The van der Waals surface area contributed by atoms with Crippen LogP contribution < -0.4 is 0 Å². The molecule has 5 nitrogen and oxygen atoms in total. The number of rotatable bonds is 2. The highest BCUT2D eigenvalue weighted by Crippen LogP contribution is 2.24. The summed E-state index contributed by atoms with van der Waals surface area (Å²) in [5.41, 5.74) is 3.24. The summed E-state index contributed by atoms with van der Waals surface area (Å²) in [5, 5.41) is 0. The van der Waals surface area contributed by atoms with Gasteiger partial charge in [-0.05, 0) is 31.0 Å². The zero-order chi connectivity index (χ0) is 14.1. The van der Waals surface area contributed by atoms with Crippen LogP contribution in [0.1, 0.15) is 23.2 Å². The molecule has 0 spiro atoms. The van der Waals surface area contributed by atoms with E-state index in [-0.39, 0.29) is 11.9 Å². The molecule has 0 saturated carbocycles. The van der Waals surface area contributed by atoms with Gasteiger partial charge in [0.25, 0.3) is 5.91 Å². The molecule has 1 aliphatic rings. The topological polar surface area (TPSA) is 59.5 Å². The quantitative estimate of drug-likeness (QED) is 0.794. The first-order valence-electron chi connectivity index (χ1n) is 6.43. The lowest BCUT2D eigenvalue weighted by molar-refractivity contribution is -0.145. The minimum Gasteiger partial charge on any atom is -0.467 e. The summed E-state index contributed by atoms with van der Waals surface area (Å²) in [6.07, 6.45) is 1.50. The van der Waals surface area contributed by atoms with E-state index in [0.717, 1.165) is 16.6 Å². The van der Waals surface area contributed by atoms with Gasteiger partial charge in [0.05, 0.1) is 22.8 Å². The van der Waals surface area contributed by atoms with Gasteiger partial charge in [-0.2, -0.15) is 0 Å². The number of methoxy groups -OCH3 is 1. The van der Waals surface area contributed by atoms with E-state index in [4.69, 9.17) is 4.74 Å². The van der Waals surface area contributed by atoms with Crippen LogP contribution in [0.4, 0.5) is 0 Å². The molecule has 0 aliphatic carbocycles. The Balaban J connectivity index is 1.89. The number of fused-ring (bicyclic) bond motifs is 1. The van der Waals surface area contributed by atoms with E-state index in [2.05, 4.69) is 4.98 Å². The zero-order valence-corrected chi connectivity index (χ0v) is 11.9. The van der Waals surface area contributed by atoms with E-state index in [0.29, 0.717) is 18.5 Å². The second-order valence-electron chi connectivity index (χ2n) is 4.71. The highest BCUT2D eigenvalue weighted by atomic mass is 32.1. The first-order chi connectivity index (χ1) is 9.70. The molecule has 1 aliphatic heterocycles. The monoisotopic (exact) mass is 290 g/mol. The molecule has 1 aromatic heterocycles. The average molecular weight is 290 g/mol. The van der Waals surface area contributed by atoms with Gasteiger partial charge in [-0.3, -0.25) is 4.79 Å². The van der Waals surface area contributed by atoms with Crippen LogP contribution in [0.15, 0.2) is 23.7 Å². The maximum Gasteiger partial charge on any atom is 0.328 e. The molecule has 0 radical (unpaired) electrons. The highest BCUT2D eigenvalue weighted by molar-refractivity contribution is 7.16. The molecule has 0 bridgehead atoms. The Morgan fingerprint density at radius 1 is 1.45 bits per heavy atom. The van der Waals surface area contributed by atoms with Gasteiger partial charge in [0.15, 0.2) is 0 Å². The molecule has 1 aromatic carbocycles. The molecule has 20 heavy (non-hydrogen) atoms. The number of carbonyl (C=O) groups is 2. The van der Waals surface area contributed by atoms with Crippen LogP contribution in [0.3, 0.4) is 0 Å². The van der Waals surface area contributed by atoms with Gasteiger partial charge in [-0.25, -0.2) is 9.78 Å². The van der Waals surface area contributed by atoms with Crippen LogP contribution in [0.5, 0.6) is 0 Å². The fourth-order valence-corrected chi connectivity index (χ4v) is 3.26. The van der Waals surface area contributed by atoms with Crippen molar-refractivity contribution in [1.29, 1.82) is 0 Å². The van der Waals surface area contributed by atoms with Gasteiger partial charge in [-0.1, -0.05) is 0 Å². The molecule has 0 N–H and O–H groups in total. The second-order valence-corrected chi connectivity index (χ2v) is 5.60. The van der Waals surface area contributed by atoms with Gasteiger partial charge in [-0.15, -0.1) is 11.3 Å². The Kier molecular flexibility index (Phi) is 3.40. The van der Waals surface area contributed by atoms with Crippen molar-refractivity contribution in [2.45, 2.75) is 18.9 Å². The van der Waals surface area contributed by atoms with Gasteiger partial charge in [0.2, 0.25) is 0 Å². The third-order valence-corrected chi connectivity index (χ3v) is 4.36. The smallest absolute Gasteiger partial charge is 0.328 e. The van der Waals surface area contributed by atoms with Crippen molar-refractivity contribution >= 4 is 33.4 Å². The van der Waals surface area contributed by atoms with Crippen molar-refractivity contribution in [1.82, 2.24) is 9.88 Å². The Morgan fingerprint density at radius 3 is 3.10 bits per heavy atom. The van der Waals surface area contributed by atoms with Gasteiger partial charge < -0.3 is 9.64 Å².